The van der Waals surface area contributed by atoms with E-state index in [2.05, 4.69) is 0 Å². The largest absolute Gasteiger partial charge is 0.393 e. The summed E-state index contributed by atoms with van der Waals surface area (Å²) in [5.41, 5.74) is 0.837. The molecule has 0 amide bonds. The lowest BCUT2D eigenvalue weighted by Gasteiger charge is -2.09. The summed E-state index contributed by atoms with van der Waals surface area (Å²) in [6.45, 7) is 0. The van der Waals surface area contributed by atoms with Crippen molar-refractivity contribution >= 4 is 23.2 Å². The minimum atomic E-state index is -0.440. The normalized spacial score (nSPS) is 12.8. The van der Waals surface area contributed by atoms with Crippen molar-refractivity contribution in [3.8, 4) is 0 Å². The van der Waals surface area contributed by atoms with Crippen LogP contribution in [0.2, 0.25) is 5.02 Å². The van der Waals surface area contributed by atoms with Crippen LogP contribution in [0.15, 0.2) is 18.2 Å². The molecule has 1 aromatic carbocycles. The third kappa shape index (κ3) is 4.37. The van der Waals surface area contributed by atoms with Gasteiger partial charge in [-0.2, -0.15) is 0 Å². The molecule has 0 saturated carbocycles. The standard InChI is InChI=1S/C11H13Cl2FO/c12-5-1-2-9(15)6-8-3-4-11(14)10(13)7-8/h3-4,7,9,15H,1-2,5-6H2. The quantitative estimate of drug-likeness (QED) is 0.795. The summed E-state index contributed by atoms with van der Waals surface area (Å²) in [5, 5.41) is 9.69. The van der Waals surface area contributed by atoms with E-state index < -0.39 is 11.9 Å². The molecule has 1 nitrogen and oxygen atoms in total. The van der Waals surface area contributed by atoms with Crippen LogP contribution in [-0.2, 0) is 6.42 Å². The van der Waals surface area contributed by atoms with Gasteiger partial charge in [-0.3, -0.25) is 0 Å². The Hall–Kier alpha value is -0.310. The van der Waals surface area contributed by atoms with Gasteiger partial charge in [0, 0.05) is 5.88 Å². The zero-order valence-corrected chi connectivity index (χ0v) is 9.73. The number of hydrogen-bond donors (Lipinski definition) is 1. The molecule has 0 bridgehead atoms. The molecule has 0 heterocycles. The Morgan fingerprint density at radius 1 is 1.40 bits per heavy atom. The van der Waals surface area contributed by atoms with Crippen LogP contribution >= 0.6 is 23.2 Å². The third-order valence-electron chi connectivity index (χ3n) is 2.13. The highest BCUT2D eigenvalue weighted by atomic mass is 35.5. The Balaban J connectivity index is 2.53. The lowest BCUT2D eigenvalue weighted by molar-refractivity contribution is 0.164. The lowest BCUT2D eigenvalue weighted by Crippen LogP contribution is -2.10. The van der Waals surface area contributed by atoms with E-state index in [9.17, 15) is 9.50 Å². The molecule has 0 aliphatic carbocycles. The number of aliphatic hydroxyl groups excluding tert-OH is 1. The molecule has 0 saturated heterocycles. The lowest BCUT2D eigenvalue weighted by atomic mass is 10.0. The first-order valence-electron chi connectivity index (χ1n) is 4.81. The molecule has 84 valence electrons. The van der Waals surface area contributed by atoms with E-state index in [0.717, 1.165) is 12.0 Å². The van der Waals surface area contributed by atoms with Gasteiger partial charge in [0.25, 0.3) is 0 Å². The second-order valence-electron chi connectivity index (χ2n) is 3.44. The van der Waals surface area contributed by atoms with Crippen molar-refractivity contribution in [2.24, 2.45) is 0 Å². The van der Waals surface area contributed by atoms with Crippen molar-refractivity contribution < 1.29 is 9.50 Å². The van der Waals surface area contributed by atoms with Crippen molar-refractivity contribution in [1.29, 1.82) is 0 Å². The van der Waals surface area contributed by atoms with Crippen LogP contribution in [-0.4, -0.2) is 17.1 Å². The second kappa shape index (κ2) is 6.31. The third-order valence-corrected chi connectivity index (χ3v) is 2.68. The Bertz CT molecular complexity index is 317. The monoisotopic (exact) mass is 250 g/mol. The molecule has 4 heteroatoms. The van der Waals surface area contributed by atoms with Gasteiger partial charge in [-0.15, -0.1) is 11.6 Å². The van der Waals surface area contributed by atoms with Gasteiger partial charge in [-0.05, 0) is 37.0 Å². The Labute approximate surface area is 98.8 Å². The zero-order chi connectivity index (χ0) is 11.3. The number of rotatable bonds is 5. The molecule has 1 aromatic rings. The van der Waals surface area contributed by atoms with Gasteiger partial charge in [0.05, 0.1) is 11.1 Å². The van der Waals surface area contributed by atoms with E-state index in [4.69, 9.17) is 23.2 Å². The van der Waals surface area contributed by atoms with Crippen LogP contribution in [0.1, 0.15) is 18.4 Å². The number of alkyl halides is 1. The van der Waals surface area contributed by atoms with E-state index in [0.29, 0.717) is 18.7 Å². The predicted molar refractivity (Wildman–Crippen MR) is 61.1 cm³/mol. The fourth-order valence-electron chi connectivity index (χ4n) is 1.35. The van der Waals surface area contributed by atoms with Gasteiger partial charge >= 0.3 is 0 Å². The van der Waals surface area contributed by atoms with Gasteiger partial charge < -0.3 is 5.11 Å². The number of benzene rings is 1. The van der Waals surface area contributed by atoms with Crippen LogP contribution in [0.3, 0.4) is 0 Å². The van der Waals surface area contributed by atoms with Gasteiger partial charge in [0.1, 0.15) is 5.82 Å². The van der Waals surface area contributed by atoms with Crippen molar-refractivity contribution in [3.63, 3.8) is 0 Å². The Kier molecular flexibility index (Phi) is 5.37. The molecule has 0 aliphatic rings. The highest BCUT2D eigenvalue weighted by Crippen LogP contribution is 2.17. The minimum absolute atomic E-state index is 0.0945. The molecule has 15 heavy (non-hydrogen) atoms. The van der Waals surface area contributed by atoms with Gasteiger partial charge in [0.2, 0.25) is 0 Å². The molecule has 0 fully saturated rings. The molecule has 1 atom stereocenters. The summed E-state index contributed by atoms with van der Waals surface area (Å²) in [6, 6.07) is 4.48. The maximum Gasteiger partial charge on any atom is 0.141 e. The molecule has 0 radical (unpaired) electrons. The molecule has 0 aromatic heterocycles. The van der Waals surface area contributed by atoms with E-state index >= 15 is 0 Å². The Morgan fingerprint density at radius 3 is 2.73 bits per heavy atom. The first-order chi connectivity index (χ1) is 7.13. The summed E-state index contributed by atoms with van der Waals surface area (Å²) in [5.74, 6) is 0.108. The van der Waals surface area contributed by atoms with E-state index in [1.54, 1.807) is 12.1 Å². The first kappa shape index (κ1) is 12.8. The Morgan fingerprint density at radius 2 is 2.13 bits per heavy atom. The fourth-order valence-corrected chi connectivity index (χ4v) is 1.71. The van der Waals surface area contributed by atoms with Crippen molar-refractivity contribution in [2.45, 2.75) is 25.4 Å². The van der Waals surface area contributed by atoms with Crippen LogP contribution in [0, 0.1) is 5.82 Å². The summed E-state index contributed by atoms with van der Waals surface area (Å²) >= 11 is 11.1. The maximum atomic E-state index is 12.8. The van der Waals surface area contributed by atoms with Crippen molar-refractivity contribution in [3.05, 3.63) is 34.6 Å². The number of hydrogen-bond acceptors (Lipinski definition) is 1. The molecule has 1 unspecified atom stereocenters. The molecule has 0 spiro atoms. The molecular formula is C11H13Cl2FO. The van der Waals surface area contributed by atoms with Gasteiger partial charge in [0.15, 0.2) is 0 Å². The predicted octanol–water partition coefficient (Wildman–Crippen LogP) is 3.40. The van der Waals surface area contributed by atoms with Crippen LogP contribution < -0.4 is 0 Å². The zero-order valence-electron chi connectivity index (χ0n) is 8.22. The highest BCUT2D eigenvalue weighted by Gasteiger charge is 2.07. The first-order valence-corrected chi connectivity index (χ1v) is 5.72. The smallest absolute Gasteiger partial charge is 0.141 e. The van der Waals surface area contributed by atoms with Crippen LogP contribution in [0.25, 0.3) is 0 Å². The van der Waals surface area contributed by atoms with Crippen LogP contribution in [0.5, 0.6) is 0 Å². The number of halogens is 3. The van der Waals surface area contributed by atoms with E-state index in [1.165, 1.54) is 6.07 Å². The summed E-state index contributed by atoms with van der Waals surface area (Å²) in [7, 11) is 0. The minimum Gasteiger partial charge on any atom is -0.393 e. The topological polar surface area (TPSA) is 20.2 Å². The average Bonchev–Trinajstić information content (AvgIpc) is 2.20. The van der Waals surface area contributed by atoms with Gasteiger partial charge in [-0.1, -0.05) is 17.7 Å². The fraction of sp³-hybridized carbons (Fsp3) is 0.455. The highest BCUT2D eigenvalue weighted by molar-refractivity contribution is 6.30. The van der Waals surface area contributed by atoms with Crippen molar-refractivity contribution in [1.82, 2.24) is 0 Å². The summed E-state index contributed by atoms with van der Waals surface area (Å²) in [4.78, 5) is 0. The molecule has 1 rings (SSSR count). The summed E-state index contributed by atoms with van der Waals surface area (Å²) < 4.78 is 12.8. The molecular weight excluding hydrogens is 238 g/mol. The molecule has 1 N–H and O–H groups in total. The number of aliphatic hydroxyl groups is 1. The van der Waals surface area contributed by atoms with E-state index in [1.807, 2.05) is 0 Å². The SMILES string of the molecule is OC(CCCCl)Cc1ccc(F)c(Cl)c1. The second-order valence-corrected chi connectivity index (χ2v) is 4.22. The average molecular weight is 251 g/mol. The summed E-state index contributed by atoms with van der Waals surface area (Å²) in [6.07, 6.45) is 1.47. The molecule has 0 aliphatic heterocycles. The van der Waals surface area contributed by atoms with Crippen LogP contribution in [0.4, 0.5) is 4.39 Å². The van der Waals surface area contributed by atoms with E-state index in [-0.39, 0.29) is 5.02 Å². The maximum absolute atomic E-state index is 12.8. The van der Waals surface area contributed by atoms with Crippen molar-refractivity contribution in [2.75, 3.05) is 5.88 Å². The van der Waals surface area contributed by atoms with Gasteiger partial charge in [-0.25, -0.2) is 4.39 Å².